The molecule has 10 heteroatoms. The summed E-state index contributed by atoms with van der Waals surface area (Å²) in [7, 11) is 1.45. The van der Waals surface area contributed by atoms with E-state index in [0.29, 0.717) is 45.0 Å². The summed E-state index contributed by atoms with van der Waals surface area (Å²) in [5, 5.41) is 23.2. The van der Waals surface area contributed by atoms with E-state index in [1.54, 1.807) is 30.9 Å². The third-order valence-electron chi connectivity index (χ3n) is 5.98. The van der Waals surface area contributed by atoms with Crippen LogP contribution in [0.25, 0.3) is 0 Å². The Balaban J connectivity index is 2.51. The van der Waals surface area contributed by atoms with E-state index >= 15 is 0 Å². The van der Waals surface area contributed by atoms with Gasteiger partial charge in [-0.2, -0.15) is 0 Å². The number of rotatable bonds is 12. The number of methoxy groups -OCH3 is 1. The Bertz CT molecular complexity index is 964. The zero-order valence-electron chi connectivity index (χ0n) is 21.5. The second kappa shape index (κ2) is 13.9. The van der Waals surface area contributed by atoms with E-state index in [-0.39, 0.29) is 31.4 Å². The fourth-order valence-corrected chi connectivity index (χ4v) is 4.76. The van der Waals surface area contributed by atoms with Gasteiger partial charge in [0, 0.05) is 36.6 Å². The van der Waals surface area contributed by atoms with Gasteiger partial charge in [0.05, 0.1) is 23.3 Å². The smallest absolute Gasteiger partial charge is 0.247 e. The molecule has 2 rings (SSSR count). The Morgan fingerprint density at radius 3 is 2.53 bits per heavy atom. The molecule has 0 radical (unpaired) electrons. The lowest BCUT2D eigenvalue weighted by Crippen LogP contribution is -2.56. The monoisotopic (exact) mass is 616 g/mol. The number of nitrogens with one attached hydrogen (secondary N) is 1. The van der Waals surface area contributed by atoms with E-state index in [1.807, 2.05) is 22.6 Å². The van der Waals surface area contributed by atoms with Gasteiger partial charge in [-0.1, -0.05) is 27.7 Å². The van der Waals surface area contributed by atoms with Crippen molar-refractivity contribution in [2.24, 2.45) is 11.8 Å². The molecule has 0 bridgehead atoms. The molecule has 3 atom stereocenters. The zero-order chi connectivity index (χ0) is 27.0. The van der Waals surface area contributed by atoms with Gasteiger partial charge in [0.2, 0.25) is 11.8 Å². The number of benzene rings is 1. The second-order valence-electron chi connectivity index (χ2n) is 9.54. The molecule has 3 N–H and O–H groups in total. The molecule has 1 aliphatic carbocycles. The van der Waals surface area contributed by atoms with Crippen molar-refractivity contribution in [3.05, 3.63) is 32.9 Å². The summed E-state index contributed by atoms with van der Waals surface area (Å²) >= 11 is 2.02. The molecule has 1 aliphatic rings. The summed E-state index contributed by atoms with van der Waals surface area (Å²) in [6, 6.07) is 2.47. The van der Waals surface area contributed by atoms with Crippen LogP contribution in [-0.4, -0.2) is 78.3 Å². The number of aliphatic hydroxyl groups excluding tert-OH is 2. The van der Waals surface area contributed by atoms with Crippen LogP contribution in [0.5, 0.6) is 11.5 Å². The largest absolute Gasteiger partial charge is 0.493 e. The van der Waals surface area contributed by atoms with Gasteiger partial charge in [-0.25, -0.2) is 0 Å². The lowest BCUT2D eigenvalue weighted by Gasteiger charge is -2.41. The minimum atomic E-state index is -1.12. The molecule has 0 aliphatic heterocycles. The zero-order valence-corrected chi connectivity index (χ0v) is 23.7. The molecule has 0 saturated heterocycles. The van der Waals surface area contributed by atoms with Crippen LogP contribution in [0.4, 0.5) is 0 Å². The normalized spacial score (nSPS) is 19.6. The van der Waals surface area contributed by atoms with Crippen molar-refractivity contribution < 1.29 is 34.1 Å². The lowest BCUT2D eigenvalue weighted by atomic mass is 9.87. The fraction of sp³-hybridized carbons (Fsp3) is 0.577. The Hall–Kier alpha value is -2.18. The summed E-state index contributed by atoms with van der Waals surface area (Å²) < 4.78 is 12.2. The van der Waals surface area contributed by atoms with Crippen molar-refractivity contribution >= 4 is 40.7 Å². The molecule has 36 heavy (non-hydrogen) atoms. The predicted octanol–water partition coefficient (Wildman–Crippen LogP) is 2.56. The van der Waals surface area contributed by atoms with E-state index in [1.165, 1.54) is 13.2 Å². The van der Waals surface area contributed by atoms with Crippen LogP contribution in [0.1, 0.15) is 50.9 Å². The number of hydrogen-bond acceptors (Lipinski definition) is 7. The lowest BCUT2D eigenvalue weighted by molar-refractivity contribution is -0.142. The average molecular weight is 616 g/mol. The first-order valence-electron chi connectivity index (χ1n) is 12.1. The highest BCUT2D eigenvalue weighted by atomic mass is 127. The number of ether oxygens (including phenoxy) is 2. The quantitative estimate of drug-likeness (QED) is 0.244. The number of amides is 2. The summed E-state index contributed by atoms with van der Waals surface area (Å²) in [5.41, 5.74) is 0.765. The minimum Gasteiger partial charge on any atom is -0.493 e. The number of hydrogen-bond donors (Lipinski definition) is 3. The Morgan fingerprint density at radius 2 is 1.97 bits per heavy atom. The van der Waals surface area contributed by atoms with E-state index in [0.717, 1.165) is 6.42 Å². The molecule has 9 nitrogen and oxygen atoms in total. The van der Waals surface area contributed by atoms with Crippen LogP contribution in [0.3, 0.4) is 0 Å². The molecule has 0 spiro atoms. The van der Waals surface area contributed by atoms with Gasteiger partial charge in [-0.15, -0.1) is 0 Å². The van der Waals surface area contributed by atoms with Crippen LogP contribution in [0.2, 0.25) is 0 Å². The highest BCUT2D eigenvalue weighted by molar-refractivity contribution is 14.1. The molecule has 1 aromatic carbocycles. The third-order valence-corrected chi connectivity index (χ3v) is 6.78. The topological polar surface area (TPSA) is 125 Å². The van der Waals surface area contributed by atoms with E-state index in [4.69, 9.17) is 14.6 Å². The summed E-state index contributed by atoms with van der Waals surface area (Å²) in [4.78, 5) is 39.0. The van der Waals surface area contributed by atoms with Crippen molar-refractivity contribution in [3.63, 3.8) is 0 Å². The second-order valence-corrected chi connectivity index (χ2v) is 10.7. The Labute approximate surface area is 226 Å². The van der Waals surface area contributed by atoms with Gasteiger partial charge in [0.1, 0.15) is 18.5 Å². The SMILES string of the molecule is COc1cc(C=O)cc(I)c1OC1C=C(C(=O)NCCO)CC(N(CCC(C)C)C(=O)C(C)C)C1O. The van der Waals surface area contributed by atoms with Crippen LogP contribution in [0.15, 0.2) is 23.8 Å². The van der Waals surface area contributed by atoms with Crippen molar-refractivity contribution in [3.8, 4) is 11.5 Å². The van der Waals surface area contributed by atoms with Crippen molar-refractivity contribution in [2.75, 3.05) is 26.8 Å². The summed E-state index contributed by atoms with van der Waals surface area (Å²) in [6.07, 6.45) is 1.05. The number of carbonyl (C=O) groups is 3. The van der Waals surface area contributed by atoms with Gasteiger partial charge in [-0.3, -0.25) is 14.4 Å². The van der Waals surface area contributed by atoms with Crippen molar-refractivity contribution in [1.29, 1.82) is 0 Å². The molecule has 0 aromatic heterocycles. The first-order valence-corrected chi connectivity index (χ1v) is 13.2. The number of aldehydes is 1. The fourth-order valence-electron chi connectivity index (χ4n) is 4.01. The van der Waals surface area contributed by atoms with Crippen LogP contribution >= 0.6 is 22.6 Å². The van der Waals surface area contributed by atoms with Gasteiger partial charge in [-0.05, 0) is 53.1 Å². The first-order chi connectivity index (χ1) is 17.0. The predicted molar refractivity (Wildman–Crippen MR) is 144 cm³/mol. The molecule has 0 fully saturated rings. The minimum absolute atomic E-state index is 0.0792. The van der Waals surface area contributed by atoms with Gasteiger partial charge < -0.3 is 29.9 Å². The van der Waals surface area contributed by atoms with Crippen LogP contribution < -0.4 is 14.8 Å². The molecule has 200 valence electrons. The van der Waals surface area contributed by atoms with Crippen molar-refractivity contribution in [2.45, 2.75) is 58.8 Å². The third kappa shape index (κ3) is 7.66. The number of carbonyl (C=O) groups excluding carboxylic acids is 3. The maximum Gasteiger partial charge on any atom is 0.247 e. The van der Waals surface area contributed by atoms with E-state index in [2.05, 4.69) is 19.2 Å². The van der Waals surface area contributed by atoms with E-state index < -0.39 is 24.2 Å². The molecule has 0 saturated carbocycles. The molecule has 3 unspecified atom stereocenters. The van der Waals surface area contributed by atoms with E-state index in [9.17, 15) is 19.5 Å². The van der Waals surface area contributed by atoms with Crippen LogP contribution in [0, 0.1) is 15.4 Å². The number of nitrogens with zero attached hydrogens (tertiary/aromatic N) is 1. The standard InChI is InChI=1S/C26H37IN2O7/c1-15(2)6-8-29(26(34)16(3)4)20-12-18(25(33)28-7-9-30)13-21(23(20)32)36-24-19(27)10-17(14-31)11-22(24)35-5/h10-11,13-16,20-21,23,30,32H,6-9,12H2,1-5H3,(H,28,33). The van der Waals surface area contributed by atoms with Gasteiger partial charge in [0.15, 0.2) is 11.5 Å². The molecule has 1 aromatic rings. The van der Waals surface area contributed by atoms with Crippen molar-refractivity contribution in [1.82, 2.24) is 10.2 Å². The molecule has 0 heterocycles. The average Bonchev–Trinajstić information content (AvgIpc) is 2.84. The van der Waals surface area contributed by atoms with Crippen LogP contribution in [-0.2, 0) is 9.59 Å². The maximum absolute atomic E-state index is 13.2. The molecule has 2 amide bonds. The summed E-state index contributed by atoms with van der Waals surface area (Å²) in [6.45, 7) is 8.04. The van der Waals surface area contributed by atoms with Gasteiger partial charge in [0.25, 0.3) is 0 Å². The summed E-state index contributed by atoms with van der Waals surface area (Å²) in [5.74, 6) is 0.173. The molecular weight excluding hydrogens is 579 g/mol. The highest BCUT2D eigenvalue weighted by Crippen LogP contribution is 2.37. The first kappa shape index (κ1) is 30.0. The van der Waals surface area contributed by atoms with Gasteiger partial charge >= 0.3 is 0 Å². The number of halogens is 1. The maximum atomic E-state index is 13.2. The molecular formula is C26H37IN2O7. The Morgan fingerprint density at radius 1 is 1.28 bits per heavy atom. The highest BCUT2D eigenvalue weighted by Gasteiger charge is 2.41. The Kier molecular flexibility index (Phi) is 11.6. The number of aliphatic hydroxyl groups is 2.